The van der Waals surface area contributed by atoms with Crippen molar-refractivity contribution < 1.29 is 9.66 Å². The quantitative estimate of drug-likeness (QED) is 0.650. The van der Waals surface area contributed by atoms with Crippen molar-refractivity contribution in [2.45, 2.75) is 32.3 Å². The van der Waals surface area contributed by atoms with E-state index in [0.717, 1.165) is 19.3 Å². The highest BCUT2D eigenvalue weighted by atomic mass is 16.6. The number of pyridine rings is 1. The van der Waals surface area contributed by atoms with Gasteiger partial charge in [-0.1, -0.05) is 0 Å². The number of hydrogen-bond donors (Lipinski definition) is 1. The van der Waals surface area contributed by atoms with Crippen LogP contribution in [0.3, 0.4) is 0 Å². The lowest BCUT2D eigenvalue weighted by atomic mass is 10.1. The van der Waals surface area contributed by atoms with E-state index in [4.69, 9.17) is 10.5 Å². The van der Waals surface area contributed by atoms with Gasteiger partial charge in [0.05, 0.1) is 4.92 Å². The average molecular weight is 251 g/mol. The number of nitro groups is 1. The molecule has 0 bridgehead atoms. The smallest absolute Gasteiger partial charge is 0.288 e. The maximum absolute atomic E-state index is 10.6. The van der Waals surface area contributed by atoms with Crippen LogP contribution in [-0.4, -0.2) is 22.6 Å². The zero-order valence-corrected chi connectivity index (χ0v) is 10.3. The summed E-state index contributed by atoms with van der Waals surface area (Å²) >= 11 is 0. The van der Waals surface area contributed by atoms with Gasteiger partial charge in [0.1, 0.15) is 12.3 Å². The molecule has 0 amide bonds. The van der Waals surface area contributed by atoms with Gasteiger partial charge in [-0.05, 0) is 32.7 Å². The van der Waals surface area contributed by atoms with Gasteiger partial charge in [0.2, 0.25) is 5.88 Å². The van der Waals surface area contributed by atoms with Crippen LogP contribution < -0.4 is 10.5 Å². The maximum atomic E-state index is 10.6. The summed E-state index contributed by atoms with van der Waals surface area (Å²) in [5.41, 5.74) is 6.36. The van der Waals surface area contributed by atoms with Crippen LogP contribution in [0.25, 0.3) is 0 Å². The van der Waals surface area contributed by atoms with Crippen LogP contribution in [0, 0.1) is 23.0 Å². The highest BCUT2D eigenvalue weighted by molar-refractivity contribution is 5.36. The number of aryl methyl sites for hydroxylation is 1. The van der Waals surface area contributed by atoms with E-state index in [2.05, 4.69) is 4.98 Å². The minimum atomic E-state index is -0.456. The molecule has 2 unspecified atom stereocenters. The second-order valence-electron chi connectivity index (χ2n) is 4.66. The van der Waals surface area contributed by atoms with Crippen LogP contribution in [0.1, 0.15) is 24.8 Å². The summed E-state index contributed by atoms with van der Waals surface area (Å²) in [7, 11) is 0. The van der Waals surface area contributed by atoms with E-state index in [9.17, 15) is 10.1 Å². The van der Waals surface area contributed by atoms with Gasteiger partial charge >= 0.3 is 0 Å². The number of rotatable bonds is 4. The Morgan fingerprint density at radius 1 is 1.61 bits per heavy atom. The van der Waals surface area contributed by atoms with Crippen LogP contribution in [-0.2, 0) is 0 Å². The number of aromatic nitrogens is 1. The lowest BCUT2D eigenvalue weighted by Crippen LogP contribution is -2.28. The average Bonchev–Trinajstić information content (AvgIpc) is 2.78. The Bertz CT molecular complexity index is 450. The molecular formula is C12H17N3O3. The molecule has 1 aromatic rings. The molecular weight excluding hydrogens is 234 g/mol. The van der Waals surface area contributed by atoms with Gasteiger partial charge in [-0.25, -0.2) is 4.98 Å². The second kappa shape index (κ2) is 5.30. The molecule has 0 radical (unpaired) electrons. The van der Waals surface area contributed by atoms with Crippen molar-refractivity contribution in [1.82, 2.24) is 4.98 Å². The normalized spacial score (nSPS) is 23.0. The molecule has 6 heteroatoms. The van der Waals surface area contributed by atoms with Gasteiger partial charge in [0.25, 0.3) is 5.69 Å². The van der Waals surface area contributed by atoms with E-state index in [1.807, 2.05) is 0 Å². The summed E-state index contributed by atoms with van der Waals surface area (Å²) in [6, 6.07) is 1.48. The van der Waals surface area contributed by atoms with Gasteiger partial charge < -0.3 is 10.5 Å². The summed E-state index contributed by atoms with van der Waals surface area (Å²) in [5.74, 6) is 0.840. The first-order chi connectivity index (χ1) is 8.61. The third-order valence-electron chi connectivity index (χ3n) is 3.38. The zero-order chi connectivity index (χ0) is 13.1. The largest absolute Gasteiger partial charge is 0.474 e. The fourth-order valence-corrected chi connectivity index (χ4v) is 2.34. The van der Waals surface area contributed by atoms with Crippen molar-refractivity contribution in [2.24, 2.45) is 11.7 Å². The minimum Gasteiger partial charge on any atom is -0.474 e. The van der Waals surface area contributed by atoms with E-state index in [0.29, 0.717) is 23.9 Å². The predicted molar refractivity (Wildman–Crippen MR) is 66.4 cm³/mol. The highest BCUT2D eigenvalue weighted by Crippen LogP contribution is 2.30. The summed E-state index contributed by atoms with van der Waals surface area (Å²) in [6.45, 7) is 2.37. The Hall–Kier alpha value is -1.69. The molecule has 18 heavy (non-hydrogen) atoms. The molecule has 0 spiro atoms. The standard InChI is InChI=1S/C12H17N3O3/c1-8-5-10(15(16)17)7-14-12(8)18-11-4-2-3-9(11)6-13/h5,7,9,11H,2-4,6,13H2,1H3. The third-order valence-corrected chi connectivity index (χ3v) is 3.38. The third kappa shape index (κ3) is 2.59. The van der Waals surface area contributed by atoms with E-state index < -0.39 is 4.92 Å². The fourth-order valence-electron chi connectivity index (χ4n) is 2.34. The molecule has 0 aliphatic heterocycles. The van der Waals surface area contributed by atoms with E-state index in [1.54, 1.807) is 6.92 Å². The molecule has 1 saturated carbocycles. The van der Waals surface area contributed by atoms with E-state index in [-0.39, 0.29) is 11.8 Å². The van der Waals surface area contributed by atoms with E-state index in [1.165, 1.54) is 12.3 Å². The monoisotopic (exact) mass is 251 g/mol. The maximum Gasteiger partial charge on any atom is 0.288 e. The molecule has 0 saturated heterocycles. The predicted octanol–water partition coefficient (Wildman–Crippen LogP) is 1.80. The van der Waals surface area contributed by atoms with Gasteiger partial charge in [-0.3, -0.25) is 10.1 Å². The molecule has 1 aromatic heterocycles. The Morgan fingerprint density at radius 3 is 3.00 bits per heavy atom. The lowest BCUT2D eigenvalue weighted by Gasteiger charge is -2.19. The Kier molecular flexibility index (Phi) is 3.76. The SMILES string of the molecule is Cc1cc([N+](=O)[O-])cnc1OC1CCCC1CN. The number of nitrogens with two attached hydrogens (primary N) is 1. The molecule has 2 atom stereocenters. The Balaban J connectivity index is 2.12. The van der Waals surface area contributed by atoms with Crippen molar-refractivity contribution in [2.75, 3.05) is 6.54 Å². The lowest BCUT2D eigenvalue weighted by molar-refractivity contribution is -0.385. The summed E-state index contributed by atoms with van der Waals surface area (Å²) in [4.78, 5) is 14.2. The molecule has 1 aliphatic carbocycles. The van der Waals surface area contributed by atoms with Crippen molar-refractivity contribution in [1.29, 1.82) is 0 Å². The summed E-state index contributed by atoms with van der Waals surface area (Å²) in [5, 5.41) is 10.6. The van der Waals surface area contributed by atoms with Gasteiger partial charge in [-0.15, -0.1) is 0 Å². The van der Waals surface area contributed by atoms with Crippen molar-refractivity contribution >= 4 is 5.69 Å². The Morgan fingerprint density at radius 2 is 2.39 bits per heavy atom. The van der Waals surface area contributed by atoms with Crippen molar-refractivity contribution in [3.63, 3.8) is 0 Å². The first-order valence-corrected chi connectivity index (χ1v) is 6.09. The summed E-state index contributed by atoms with van der Waals surface area (Å²) in [6.07, 6.45) is 4.48. The molecule has 2 N–H and O–H groups in total. The molecule has 1 heterocycles. The van der Waals surface area contributed by atoms with Gasteiger partial charge in [-0.2, -0.15) is 0 Å². The Labute approximate surface area is 105 Å². The fraction of sp³-hybridized carbons (Fsp3) is 0.583. The number of hydrogen-bond acceptors (Lipinski definition) is 5. The van der Waals surface area contributed by atoms with Crippen LogP contribution >= 0.6 is 0 Å². The minimum absolute atomic E-state index is 0.0124. The molecule has 6 nitrogen and oxygen atoms in total. The van der Waals surface area contributed by atoms with E-state index >= 15 is 0 Å². The second-order valence-corrected chi connectivity index (χ2v) is 4.66. The number of nitrogens with zero attached hydrogens (tertiary/aromatic N) is 2. The molecule has 0 aromatic carbocycles. The van der Waals surface area contributed by atoms with Crippen molar-refractivity contribution in [3.05, 3.63) is 27.9 Å². The van der Waals surface area contributed by atoms with Gasteiger partial charge in [0, 0.05) is 17.5 Å². The van der Waals surface area contributed by atoms with Gasteiger partial charge in [0.15, 0.2) is 0 Å². The highest BCUT2D eigenvalue weighted by Gasteiger charge is 2.28. The first kappa shape index (κ1) is 12.8. The van der Waals surface area contributed by atoms with Crippen LogP contribution in [0.5, 0.6) is 5.88 Å². The molecule has 2 rings (SSSR count). The van der Waals surface area contributed by atoms with Crippen LogP contribution in [0.2, 0.25) is 0 Å². The summed E-state index contributed by atoms with van der Waals surface area (Å²) < 4.78 is 5.83. The first-order valence-electron chi connectivity index (χ1n) is 6.09. The molecule has 1 aliphatic rings. The zero-order valence-electron chi connectivity index (χ0n) is 10.3. The van der Waals surface area contributed by atoms with Crippen molar-refractivity contribution in [3.8, 4) is 5.88 Å². The topological polar surface area (TPSA) is 91.3 Å². The molecule has 1 fully saturated rings. The van der Waals surface area contributed by atoms with Crippen LogP contribution in [0.15, 0.2) is 12.3 Å². The number of ether oxygens (including phenoxy) is 1. The molecule has 98 valence electrons. The van der Waals surface area contributed by atoms with Crippen LogP contribution in [0.4, 0.5) is 5.69 Å².